The molecule has 1 saturated heterocycles. The topological polar surface area (TPSA) is 29.5 Å². The van der Waals surface area contributed by atoms with Gasteiger partial charge in [0.05, 0.1) is 5.60 Å². The lowest BCUT2D eigenvalue weighted by atomic mass is 9.81. The summed E-state index contributed by atoms with van der Waals surface area (Å²) in [5, 5.41) is 10.5. The highest BCUT2D eigenvalue weighted by molar-refractivity contribution is 4.95. The van der Waals surface area contributed by atoms with Gasteiger partial charge < -0.3 is 9.84 Å². The van der Waals surface area contributed by atoms with Crippen LogP contribution in [0.1, 0.15) is 45.4 Å². The molecule has 0 amide bonds. The Balaban J connectivity index is 1.86. The van der Waals surface area contributed by atoms with E-state index < -0.39 is 0 Å². The van der Waals surface area contributed by atoms with Crippen molar-refractivity contribution >= 4 is 0 Å². The third-order valence-corrected chi connectivity index (χ3v) is 3.93. The van der Waals surface area contributed by atoms with Crippen LogP contribution in [0.5, 0.6) is 0 Å². The third kappa shape index (κ3) is 2.29. The van der Waals surface area contributed by atoms with Crippen molar-refractivity contribution in [2.24, 2.45) is 11.8 Å². The van der Waals surface area contributed by atoms with Crippen molar-refractivity contribution in [3.8, 4) is 0 Å². The maximum absolute atomic E-state index is 10.5. The van der Waals surface area contributed by atoms with Gasteiger partial charge in [0.15, 0.2) is 0 Å². The molecule has 0 aromatic carbocycles. The van der Waals surface area contributed by atoms with Crippen molar-refractivity contribution in [1.82, 2.24) is 0 Å². The molecule has 1 N–H and O–H groups in total. The molecule has 1 aliphatic carbocycles. The fourth-order valence-corrected chi connectivity index (χ4v) is 2.67. The second-order valence-corrected chi connectivity index (χ2v) is 4.99. The van der Waals surface area contributed by atoms with Crippen LogP contribution in [0, 0.1) is 11.8 Å². The first kappa shape index (κ1) is 10.4. The Morgan fingerprint density at radius 1 is 1.21 bits per heavy atom. The molecule has 0 aromatic rings. The van der Waals surface area contributed by atoms with Crippen LogP contribution in [0.2, 0.25) is 0 Å². The van der Waals surface area contributed by atoms with Gasteiger partial charge in [-0.3, -0.25) is 0 Å². The smallest absolute Gasteiger partial charge is 0.0675 e. The van der Waals surface area contributed by atoms with Crippen LogP contribution in [-0.2, 0) is 4.74 Å². The molecule has 82 valence electrons. The molecule has 0 radical (unpaired) electrons. The third-order valence-electron chi connectivity index (χ3n) is 3.93. The number of aliphatic hydroxyl groups is 1. The van der Waals surface area contributed by atoms with Crippen LogP contribution in [0.25, 0.3) is 0 Å². The molecule has 1 heterocycles. The van der Waals surface area contributed by atoms with Crippen LogP contribution in [0.15, 0.2) is 0 Å². The van der Waals surface area contributed by atoms with E-state index in [0.717, 1.165) is 38.9 Å². The van der Waals surface area contributed by atoms with Gasteiger partial charge in [0.2, 0.25) is 0 Å². The molecule has 1 unspecified atom stereocenters. The molecular weight excluding hydrogens is 176 g/mol. The number of ether oxygens (including phenoxy) is 1. The maximum atomic E-state index is 10.5. The number of hydrogen-bond acceptors (Lipinski definition) is 2. The minimum atomic E-state index is -0.345. The summed E-state index contributed by atoms with van der Waals surface area (Å²) >= 11 is 0. The predicted molar refractivity (Wildman–Crippen MR) is 56.1 cm³/mol. The fraction of sp³-hybridized carbons (Fsp3) is 1.00. The highest BCUT2D eigenvalue weighted by atomic mass is 16.5. The molecular formula is C12H22O2. The first-order chi connectivity index (χ1) is 6.74. The summed E-state index contributed by atoms with van der Waals surface area (Å²) in [5.41, 5.74) is -0.345. The molecule has 2 nitrogen and oxygen atoms in total. The zero-order chi connectivity index (χ0) is 10.0. The second kappa shape index (κ2) is 4.19. The normalized spacial score (nSPS) is 28.7. The minimum Gasteiger partial charge on any atom is -0.390 e. The van der Waals surface area contributed by atoms with Gasteiger partial charge in [-0.15, -0.1) is 0 Å². The quantitative estimate of drug-likeness (QED) is 0.751. The van der Waals surface area contributed by atoms with E-state index in [1.807, 2.05) is 0 Å². The molecule has 2 rings (SSSR count). The van der Waals surface area contributed by atoms with E-state index in [1.165, 1.54) is 12.8 Å². The van der Waals surface area contributed by atoms with E-state index >= 15 is 0 Å². The first-order valence-electron chi connectivity index (χ1n) is 6.05. The highest BCUT2D eigenvalue weighted by Crippen LogP contribution is 2.45. The van der Waals surface area contributed by atoms with Crippen LogP contribution >= 0.6 is 0 Å². The summed E-state index contributed by atoms with van der Waals surface area (Å²) in [4.78, 5) is 0. The van der Waals surface area contributed by atoms with E-state index in [-0.39, 0.29) is 5.60 Å². The van der Waals surface area contributed by atoms with Crippen molar-refractivity contribution in [3.63, 3.8) is 0 Å². The Morgan fingerprint density at radius 2 is 1.86 bits per heavy atom. The first-order valence-corrected chi connectivity index (χ1v) is 6.05. The van der Waals surface area contributed by atoms with Gasteiger partial charge in [0.1, 0.15) is 0 Å². The van der Waals surface area contributed by atoms with Crippen LogP contribution in [-0.4, -0.2) is 23.9 Å². The maximum Gasteiger partial charge on any atom is 0.0675 e. The molecule has 2 aliphatic rings. The van der Waals surface area contributed by atoms with Gasteiger partial charge in [0.25, 0.3) is 0 Å². The Bertz CT molecular complexity index is 183. The lowest BCUT2D eigenvalue weighted by Gasteiger charge is -2.33. The minimum absolute atomic E-state index is 0.345. The predicted octanol–water partition coefficient (Wildman–Crippen LogP) is 2.35. The van der Waals surface area contributed by atoms with Gasteiger partial charge in [-0.1, -0.05) is 6.92 Å². The van der Waals surface area contributed by atoms with E-state index in [2.05, 4.69) is 6.92 Å². The van der Waals surface area contributed by atoms with Crippen LogP contribution in [0.4, 0.5) is 0 Å². The van der Waals surface area contributed by atoms with Crippen LogP contribution in [0.3, 0.4) is 0 Å². The summed E-state index contributed by atoms with van der Waals surface area (Å²) in [6.07, 6.45) is 6.72. The number of hydrogen-bond donors (Lipinski definition) is 1. The molecule has 1 atom stereocenters. The molecule has 14 heavy (non-hydrogen) atoms. The summed E-state index contributed by atoms with van der Waals surface area (Å²) < 4.78 is 5.34. The number of rotatable bonds is 4. The van der Waals surface area contributed by atoms with Gasteiger partial charge >= 0.3 is 0 Å². The van der Waals surface area contributed by atoms with E-state index in [4.69, 9.17) is 4.74 Å². The van der Waals surface area contributed by atoms with E-state index in [9.17, 15) is 5.11 Å². The standard InChI is InChI=1S/C12H22O2/c1-2-12(13,11-3-4-11)9-10-5-7-14-8-6-10/h10-11,13H,2-9H2,1H3. The van der Waals surface area contributed by atoms with Gasteiger partial charge in [-0.2, -0.15) is 0 Å². The summed E-state index contributed by atoms with van der Waals surface area (Å²) in [7, 11) is 0. The average Bonchev–Trinajstić information content (AvgIpc) is 3.03. The Hall–Kier alpha value is -0.0800. The van der Waals surface area contributed by atoms with Gasteiger partial charge in [0, 0.05) is 13.2 Å². The molecule has 2 fully saturated rings. The zero-order valence-electron chi connectivity index (χ0n) is 9.17. The van der Waals surface area contributed by atoms with Crippen molar-refractivity contribution in [2.45, 2.75) is 51.0 Å². The Kier molecular flexibility index (Phi) is 3.13. The summed E-state index contributed by atoms with van der Waals surface area (Å²) in [6.45, 7) is 3.92. The zero-order valence-corrected chi connectivity index (χ0v) is 9.17. The SMILES string of the molecule is CCC(O)(CC1CCOCC1)C1CC1. The molecule has 0 spiro atoms. The van der Waals surface area contributed by atoms with Gasteiger partial charge in [-0.25, -0.2) is 0 Å². The van der Waals surface area contributed by atoms with Crippen molar-refractivity contribution in [3.05, 3.63) is 0 Å². The largest absolute Gasteiger partial charge is 0.390 e. The van der Waals surface area contributed by atoms with Crippen molar-refractivity contribution < 1.29 is 9.84 Å². The second-order valence-electron chi connectivity index (χ2n) is 4.99. The molecule has 0 aromatic heterocycles. The van der Waals surface area contributed by atoms with Crippen LogP contribution < -0.4 is 0 Å². The van der Waals surface area contributed by atoms with Crippen molar-refractivity contribution in [2.75, 3.05) is 13.2 Å². The fourth-order valence-electron chi connectivity index (χ4n) is 2.67. The molecule has 1 saturated carbocycles. The lowest BCUT2D eigenvalue weighted by Crippen LogP contribution is -2.34. The van der Waals surface area contributed by atoms with E-state index in [1.54, 1.807) is 0 Å². The van der Waals surface area contributed by atoms with Crippen molar-refractivity contribution in [1.29, 1.82) is 0 Å². The molecule has 0 bridgehead atoms. The summed E-state index contributed by atoms with van der Waals surface area (Å²) in [6, 6.07) is 0. The molecule has 2 heteroatoms. The van der Waals surface area contributed by atoms with E-state index in [0.29, 0.717) is 11.8 Å². The summed E-state index contributed by atoms with van der Waals surface area (Å²) in [5.74, 6) is 1.31. The average molecular weight is 198 g/mol. The lowest BCUT2D eigenvalue weighted by molar-refractivity contribution is -0.0301. The monoisotopic (exact) mass is 198 g/mol. The molecule has 1 aliphatic heterocycles. The highest BCUT2D eigenvalue weighted by Gasteiger charge is 2.43. The van der Waals surface area contributed by atoms with Gasteiger partial charge in [-0.05, 0) is 50.4 Å². The Labute approximate surface area is 86.6 Å². The Morgan fingerprint density at radius 3 is 2.36 bits per heavy atom.